The third-order valence-corrected chi connectivity index (χ3v) is 6.39. The molecule has 3 heterocycles. The molecule has 0 aromatic heterocycles. The smallest absolute Gasteiger partial charge is 0.236 e. The van der Waals surface area contributed by atoms with Crippen LogP contribution in [-0.4, -0.2) is 85.9 Å². The van der Waals surface area contributed by atoms with Crippen LogP contribution in [0.25, 0.3) is 0 Å². The molecule has 0 radical (unpaired) electrons. The number of carbonyl (C=O) groups excluding carboxylic acids is 1. The SMILES string of the molecule is CCN(C[C@H]1COc2ccccc2O1)C(=O)CN1CCN(Cc2ccc3c(c2)OCO3)CC1. The Morgan fingerprint density at radius 2 is 1.67 bits per heavy atom. The van der Waals surface area contributed by atoms with Gasteiger partial charge in [-0.25, -0.2) is 0 Å². The lowest BCUT2D eigenvalue weighted by atomic mass is 10.1. The summed E-state index contributed by atoms with van der Waals surface area (Å²) >= 11 is 0. The van der Waals surface area contributed by atoms with E-state index in [0.29, 0.717) is 33.0 Å². The lowest BCUT2D eigenvalue weighted by Crippen LogP contribution is -2.51. The van der Waals surface area contributed by atoms with Crippen LogP contribution in [0.2, 0.25) is 0 Å². The van der Waals surface area contributed by atoms with E-state index in [-0.39, 0.29) is 12.0 Å². The minimum Gasteiger partial charge on any atom is -0.486 e. The summed E-state index contributed by atoms with van der Waals surface area (Å²) in [5.74, 6) is 3.30. The van der Waals surface area contributed by atoms with Gasteiger partial charge >= 0.3 is 0 Å². The summed E-state index contributed by atoms with van der Waals surface area (Å²) in [4.78, 5) is 19.5. The Balaban J connectivity index is 1.08. The summed E-state index contributed by atoms with van der Waals surface area (Å²) in [5, 5.41) is 0. The van der Waals surface area contributed by atoms with E-state index >= 15 is 0 Å². The van der Waals surface area contributed by atoms with Crippen molar-refractivity contribution in [1.29, 1.82) is 0 Å². The maximum Gasteiger partial charge on any atom is 0.236 e. The monoisotopic (exact) mass is 453 g/mol. The number of hydrogen-bond donors (Lipinski definition) is 0. The highest BCUT2D eigenvalue weighted by Crippen LogP contribution is 2.33. The maximum atomic E-state index is 13.0. The molecule has 0 N–H and O–H groups in total. The molecule has 3 aliphatic heterocycles. The average molecular weight is 454 g/mol. The van der Waals surface area contributed by atoms with Crippen molar-refractivity contribution in [3.8, 4) is 23.0 Å². The van der Waals surface area contributed by atoms with E-state index in [1.165, 1.54) is 5.56 Å². The van der Waals surface area contributed by atoms with Gasteiger partial charge in [-0.05, 0) is 36.8 Å². The van der Waals surface area contributed by atoms with Crippen molar-refractivity contribution in [2.75, 3.05) is 59.2 Å². The standard InChI is InChI=1S/C25H31N3O5/c1-2-28(15-20-17-30-21-5-3-4-6-23(21)33-20)25(29)16-27-11-9-26(10-12-27)14-19-7-8-22-24(13-19)32-18-31-22/h3-8,13,20H,2,9-12,14-18H2,1H3/t20-/m0/s1. The van der Waals surface area contributed by atoms with Crippen LogP contribution in [0.5, 0.6) is 23.0 Å². The summed E-state index contributed by atoms with van der Waals surface area (Å²) in [6.45, 7) is 8.91. The first kappa shape index (κ1) is 21.9. The number of likely N-dealkylation sites (N-methyl/N-ethyl adjacent to an activating group) is 1. The lowest BCUT2D eigenvalue weighted by molar-refractivity contribution is -0.134. The average Bonchev–Trinajstić information content (AvgIpc) is 3.31. The predicted molar refractivity (Wildman–Crippen MR) is 123 cm³/mol. The molecule has 1 atom stereocenters. The molecule has 176 valence electrons. The molecule has 1 saturated heterocycles. The van der Waals surface area contributed by atoms with Gasteiger partial charge in [-0.2, -0.15) is 0 Å². The molecular formula is C25H31N3O5. The number of carbonyl (C=O) groups is 1. The third-order valence-electron chi connectivity index (χ3n) is 6.39. The normalized spacial score (nSPS) is 20.0. The Morgan fingerprint density at radius 1 is 0.939 bits per heavy atom. The van der Waals surface area contributed by atoms with E-state index in [4.69, 9.17) is 18.9 Å². The van der Waals surface area contributed by atoms with Gasteiger partial charge < -0.3 is 23.8 Å². The molecule has 33 heavy (non-hydrogen) atoms. The predicted octanol–water partition coefficient (Wildman–Crippen LogP) is 2.22. The van der Waals surface area contributed by atoms with Gasteiger partial charge in [0.05, 0.1) is 13.1 Å². The van der Waals surface area contributed by atoms with Crippen LogP contribution >= 0.6 is 0 Å². The van der Waals surface area contributed by atoms with Crippen LogP contribution in [0.3, 0.4) is 0 Å². The van der Waals surface area contributed by atoms with Gasteiger partial charge in [0, 0.05) is 39.3 Å². The highest BCUT2D eigenvalue weighted by Gasteiger charge is 2.27. The molecule has 1 amide bonds. The largest absolute Gasteiger partial charge is 0.486 e. The topological polar surface area (TPSA) is 63.7 Å². The Hall–Kier alpha value is -2.97. The number of para-hydroxylation sites is 2. The van der Waals surface area contributed by atoms with Gasteiger partial charge in [-0.15, -0.1) is 0 Å². The van der Waals surface area contributed by atoms with Crippen molar-refractivity contribution in [3.63, 3.8) is 0 Å². The molecule has 2 aromatic rings. The van der Waals surface area contributed by atoms with Crippen LogP contribution in [0.4, 0.5) is 0 Å². The van der Waals surface area contributed by atoms with Crippen molar-refractivity contribution in [1.82, 2.24) is 14.7 Å². The fourth-order valence-electron chi connectivity index (χ4n) is 4.50. The molecule has 1 fully saturated rings. The molecule has 0 spiro atoms. The number of rotatable bonds is 7. The van der Waals surface area contributed by atoms with Crippen molar-refractivity contribution in [2.24, 2.45) is 0 Å². The van der Waals surface area contributed by atoms with Crippen LogP contribution in [0.15, 0.2) is 42.5 Å². The number of nitrogens with zero attached hydrogens (tertiary/aromatic N) is 3. The van der Waals surface area contributed by atoms with E-state index in [9.17, 15) is 4.79 Å². The molecular weight excluding hydrogens is 422 g/mol. The Kier molecular flexibility index (Phi) is 6.55. The van der Waals surface area contributed by atoms with E-state index in [1.54, 1.807) is 0 Å². The molecule has 0 bridgehead atoms. The molecule has 5 rings (SSSR count). The molecule has 0 unspecified atom stereocenters. The van der Waals surface area contributed by atoms with Crippen molar-refractivity contribution in [3.05, 3.63) is 48.0 Å². The Bertz CT molecular complexity index is 976. The molecule has 2 aromatic carbocycles. The number of amides is 1. The van der Waals surface area contributed by atoms with E-state index in [0.717, 1.165) is 55.7 Å². The molecule has 3 aliphatic rings. The van der Waals surface area contributed by atoms with Gasteiger partial charge in [0.15, 0.2) is 29.1 Å². The molecule has 8 nitrogen and oxygen atoms in total. The molecule has 8 heteroatoms. The van der Waals surface area contributed by atoms with E-state index < -0.39 is 0 Å². The Labute approximate surface area is 194 Å². The van der Waals surface area contributed by atoms with Crippen molar-refractivity contribution < 1.29 is 23.7 Å². The number of piperazine rings is 1. The van der Waals surface area contributed by atoms with Crippen molar-refractivity contribution >= 4 is 5.91 Å². The fourth-order valence-corrected chi connectivity index (χ4v) is 4.50. The summed E-state index contributed by atoms with van der Waals surface area (Å²) in [6, 6.07) is 13.8. The quantitative estimate of drug-likeness (QED) is 0.637. The highest BCUT2D eigenvalue weighted by atomic mass is 16.7. The summed E-state index contributed by atoms with van der Waals surface area (Å²) < 4.78 is 22.7. The van der Waals surface area contributed by atoms with E-state index in [2.05, 4.69) is 21.9 Å². The third kappa shape index (κ3) is 5.17. The Morgan fingerprint density at radius 3 is 2.48 bits per heavy atom. The second-order valence-electron chi connectivity index (χ2n) is 8.67. The highest BCUT2D eigenvalue weighted by molar-refractivity contribution is 5.78. The first-order chi connectivity index (χ1) is 16.2. The van der Waals surface area contributed by atoms with Crippen LogP contribution in [0, 0.1) is 0 Å². The van der Waals surface area contributed by atoms with Gasteiger partial charge in [0.1, 0.15) is 6.61 Å². The zero-order chi connectivity index (χ0) is 22.6. The van der Waals surface area contributed by atoms with Gasteiger partial charge in [0.25, 0.3) is 0 Å². The summed E-state index contributed by atoms with van der Waals surface area (Å²) in [6.07, 6.45) is -0.151. The zero-order valence-corrected chi connectivity index (χ0v) is 19.1. The van der Waals surface area contributed by atoms with Gasteiger partial charge in [-0.1, -0.05) is 18.2 Å². The van der Waals surface area contributed by atoms with Crippen molar-refractivity contribution in [2.45, 2.75) is 19.6 Å². The number of benzene rings is 2. The van der Waals surface area contributed by atoms with Crippen LogP contribution < -0.4 is 18.9 Å². The number of ether oxygens (including phenoxy) is 4. The van der Waals surface area contributed by atoms with E-state index in [1.807, 2.05) is 42.2 Å². The second-order valence-corrected chi connectivity index (χ2v) is 8.67. The minimum absolute atomic E-state index is 0.143. The number of hydrogen-bond acceptors (Lipinski definition) is 7. The minimum atomic E-state index is -0.151. The summed E-state index contributed by atoms with van der Waals surface area (Å²) in [5.41, 5.74) is 1.22. The molecule has 0 saturated carbocycles. The second kappa shape index (κ2) is 9.89. The van der Waals surface area contributed by atoms with Gasteiger partial charge in [-0.3, -0.25) is 14.6 Å². The van der Waals surface area contributed by atoms with Crippen LogP contribution in [0.1, 0.15) is 12.5 Å². The van der Waals surface area contributed by atoms with Crippen LogP contribution in [-0.2, 0) is 11.3 Å². The lowest BCUT2D eigenvalue weighted by Gasteiger charge is -2.36. The first-order valence-corrected chi connectivity index (χ1v) is 11.7. The fraction of sp³-hybridized carbons (Fsp3) is 0.480. The zero-order valence-electron chi connectivity index (χ0n) is 19.1. The summed E-state index contributed by atoms with van der Waals surface area (Å²) in [7, 11) is 0. The maximum absolute atomic E-state index is 13.0. The van der Waals surface area contributed by atoms with Gasteiger partial charge in [0.2, 0.25) is 12.7 Å². The number of fused-ring (bicyclic) bond motifs is 2. The molecule has 0 aliphatic carbocycles. The first-order valence-electron chi connectivity index (χ1n) is 11.7.